The van der Waals surface area contributed by atoms with Crippen LogP contribution in [0, 0.1) is 56.7 Å². The van der Waals surface area contributed by atoms with Crippen molar-refractivity contribution in [3.63, 3.8) is 0 Å². The van der Waals surface area contributed by atoms with Gasteiger partial charge in [0.25, 0.3) is 0 Å². The zero-order valence-corrected chi connectivity index (χ0v) is 17.1. The second-order valence-electron chi connectivity index (χ2n) is 8.73. The van der Waals surface area contributed by atoms with Gasteiger partial charge in [-0.1, -0.05) is 56.6 Å². The fraction of sp³-hybridized carbons (Fsp3) is 0.435. The summed E-state index contributed by atoms with van der Waals surface area (Å²) in [5.74, 6) is -0.329. The predicted octanol–water partition coefficient (Wildman–Crippen LogP) is 5.21. The van der Waals surface area contributed by atoms with Crippen LogP contribution >= 0.6 is 11.6 Å². The molecule has 0 fully saturated rings. The molecule has 0 bridgehead atoms. The van der Waals surface area contributed by atoms with Gasteiger partial charge in [-0.15, -0.1) is 0 Å². The van der Waals surface area contributed by atoms with Gasteiger partial charge >= 0.3 is 0 Å². The van der Waals surface area contributed by atoms with Crippen LogP contribution in [-0.4, -0.2) is 0 Å². The van der Waals surface area contributed by atoms with Gasteiger partial charge < -0.3 is 5.73 Å². The summed E-state index contributed by atoms with van der Waals surface area (Å²) >= 11 is 6.51. The maximum atomic E-state index is 10.1. The van der Waals surface area contributed by atoms with Crippen LogP contribution in [0.1, 0.15) is 45.1 Å². The van der Waals surface area contributed by atoms with Crippen LogP contribution in [0.15, 0.2) is 47.2 Å². The number of hydrogen-bond donors (Lipinski definition) is 1. The molecule has 0 radical (unpaired) electrons. The van der Waals surface area contributed by atoms with Gasteiger partial charge in [-0.05, 0) is 47.3 Å². The minimum atomic E-state index is -1.63. The third kappa shape index (κ3) is 2.88. The van der Waals surface area contributed by atoms with Crippen LogP contribution in [0.2, 0.25) is 5.02 Å². The normalized spacial score (nSPS) is 26.3. The van der Waals surface area contributed by atoms with Crippen LogP contribution in [0.25, 0.3) is 0 Å². The van der Waals surface area contributed by atoms with Crippen molar-refractivity contribution in [2.75, 3.05) is 0 Å². The molecule has 0 saturated carbocycles. The van der Waals surface area contributed by atoms with Crippen LogP contribution in [-0.2, 0) is 0 Å². The van der Waals surface area contributed by atoms with Crippen LogP contribution in [0.5, 0.6) is 0 Å². The highest BCUT2D eigenvalue weighted by Crippen LogP contribution is 2.58. The standard InChI is InChI=1S/C23H23ClN4/c1-22(2,3)14-8-9-15-17(10-14)20(16-6-4-5-7-19(16)24)23(12-26,13-27)21(28)18(15)11-25/h4-7,9,14,17,20H,8,10,28H2,1-3H3/t14-,17+,20+/m0/s1. The Bertz CT molecular complexity index is 977. The number of allylic oxidation sites excluding steroid dienone is 4. The minimum Gasteiger partial charge on any atom is -0.399 e. The van der Waals surface area contributed by atoms with Crippen molar-refractivity contribution in [3.8, 4) is 18.2 Å². The molecule has 0 spiro atoms. The van der Waals surface area contributed by atoms with E-state index < -0.39 is 11.3 Å². The van der Waals surface area contributed by atoms with Crippen molar-refractivity contribution >= 4 is 11.6 Å². The fourth-order valence-corrected chi connectivity index (χ4v) is 4.92. The summed E-state index contributed by atoms with van der Waals surface area (Å²) in [4.78, 5) is 0. The first-order chi connectivity index (χ1) is 13.2. The number of nitriles is 3. The molecule has 0 aromatic heterocycles. The Morgan fingerprint density at radius 3 is 2.32 bits per heavy atom. The molecule has 0 saturated heterocycles. The van der Waals surface area contributed by atoms with Gasteiger partial charge in [-0.3, -0.25) is 0 Å². The van der Waals surface area contributed by atoms with Crippen LogP contribution < -0.4 is 5.73 Å². The maximum Gasteiger partial charge on any atom is 0.191 e. The molecular weight excluding hydrogens is 368 g/mol. The number of benzene rings is 1. The molecule has 2 aliphatic carbocycles. The van der Waals surface area contributed by atoms with Gasteiger partial charge in [0.15, 0.2) is 5.41 Å². The van der Waals surface area contributed by atoms with Gasteiger partial charge in [0, 0.05) is 10.9 Å². The second kappa shape index (κ2) is 7.01. The molecule has 0 amide bonds. The van der Waals surface area contributed by atoms with Crippen LogP contribution in [0.4, 0.5) is 0 Å². The Hall–Kier alpha value is -2.74. The zero-order chi connectivity index (χ0) is 20.7. The SMILES string of the molecule is CC(C)(C)[C@H]1CC=C2C(C#N)=C(N)C(C#N)(C#N)[C@H](c3ccccc3Cl)[C@@H]2C1. The number of nitrogens with two attached hydrogens (primary N) is 1. The number of nitrogens with zero attached hydrogens (tertiary/aromatic N) is 3. The highest BCUT2D eigenvalue weighted by atomic mass is 35.5. The van der Waals surface area contributed by atoms with E-state index in [1.165, 1.54) is 0 Å². The van der Waals surface area contributed by atoms with Gasteiger partial charge in [-0.2, -0.15) is 15.8 Å². The summed E-state index contributed by atoms with van der Waals surface area (Å²) in [6.45, 7) is 6.59. The van der Waals surface area contributed by atoms with E-state index in [9.17, 15) is 15.8 Å². The number of fused-ring (bicyclic) bond motifs is 1. The lowest BCUT2D eigenvalue weighted by Gasteiger charge is -2.47. The topological polar surface area (TPSA) is 97.4 Å². The Morgan fingerprint density at radius 2 is 1.79 bits per heavy atom. The van der Waals surface area contributed by atoms with E-state index in [1.54, 1.807) is 6.07 Å². The third-order valence-corrected chi connectivity index (χ3v) is 6.69. The minimum absolute atomic E-state index is 0.0432. The summed E-state index contributed by atoms with van der Waals surface area (Å²) in [6.07, 6.45) is 3.70. The molecule has 1 aromatic carbocycles. The Kier molecular flexibility index (Phi) is 5.01. The van der Waals surface area contributed by atoms with E-state index in [0.29, 0.717) is 10.9 Å². The Labute approximate surface area is 171 Å². The number of halogens is 1. The number of hydrogen-bond acceptors (Lipinski definition) is 4. The molecule has 2 N–H and O–H groups in total. The Morgan fingerprint density at radius 1 is 1.14 bits per heavy atom. The first-order valence-corrected chi connectivity index (χ1v) is 9.76. The molecular formula is C23H23ClN4. The van der Waals surface area contributed by atoms with E-state index in [-0.39, 0.29) is 22.6 Å². The van der Waals surface area contributed by atoms with Crippen molar-refractivity contribution in [3.05, 3.63) is 57.8 Å². The first kappa shape index (κ1) is 20.0. The summed E-state index contributed by atoms with van der Waals surface area (Å²) in [5.41, 5.74) is 6.67. The molecule has 1 aromatic rings. The second-order valence-corrected chi connectivity index (χ2v) is 9.14. The van der Waals surface area contributed by atoms with Crippen molar-refractivity contribution in [2.24, 2.45) is 28.4 Å². The van der Waals surface area contributed by atoms with Gasteiger partial charge in [0.1, 0.15) is 6.07 Å². The molecule has 3 rings (SSSR count). The van der Waals surface area contributed by atoms with Gasteiger partial charge in [0.05, 0.1) is 23.4 Å². The van der Waals surface area contributed by atoms with E-state index in [1.807, 2.05) is 18.2 Å². The lowest BCUT2D eigenvalue weighted by molar-refractivity contribution is 0.170. The lowest BCUT2D eigenvalue weighted by atomic mass is 9.54. The molecule has 5 heteroatoms. The molecule has 28 heavy (non-hydrogen) atoms. The monoisotopic (exact) mass is 390 g/mol. The summed E-state index contributed by atoms with van der Waals surface area (Å²) in [6, 6.07) is 13.8. The van der Waals surface area contributed by atoms with Crippen molar-refractivity contribution in [1.29, 1.82) is 15.8 Å². The van der Waals surface area contributed by atoms with Crippen molar-refractivity contribution in [2.45, 2.75) is 39.5 Å². The molecule has 3 atom stereocenters. The van der Waals surface area contributed by atoms with Gasteiger partial charge in [-0.25, -0.2) is 0 Å². The van der Waals surface area contributed by atoms with E-state index >= 15 is 0 Å². The highest BCUT2D eigenvalue weighted by Gasteiger charge is 2.55. The molecule has 0 unspecified atom stereocenters. The predicted molar refractivity (Wildman–Crippen MR) is 108 cm³/mol. The summed E-state index contributed by atoms with van der Waals surface area (Å²) < 4.78 is 0. The average Bonchev–Trinajstić information content (AvgIpc) is 2.67. The summed E-state index contributed by atoms with van der Waals surface area (Å²) in [7, 11) is 0. The average molecular weight is 391 g/mol. The molecule has 142 valence electrons. The zero-order valence-electron chi connectivity index (χ0n) is 16.3. The highest BCUT2D eigenvalue weighted by molar-refractivity contribution is 6.31. The fourth-order valence-electron chi connectivity index (χ4n) is 4.67. The van der Waals surface area contributed by atoms with Crippen molar-refractivity contribution in [1.82, 2.24) is 0 Å². The Balaban J connectivity index is 2.33. The van der Waals surface area contributed by atoms with Gasteiger partial charge in [0.2, 0.25) is 0 Å². The molecule has 0 aliphatic heterocycles. The largest absolute Gasteiger partial charge is 0.399 e. The quantitative estimate of drug-likeness (QED) is 0.711. The van der Waals surface area contributed by atoms with E-state index in [4.69, 9.17) is 17.3 Å². The first-order valence-electron chi connectivity index (χ1n) is 9.39. The third-order valence-electron chi connectivity index (χ3n) is 6.34. The smallest absolute Gasteiger partial charge is 0.191 e. The van der Waals surface area contributed by atoms with Crippen LogP contribution in [0.3, 0.4) is 0 Å². The molecule has 4 nitrogen and oxygen atoms in total. The summed E-state index contributed by atoms with van der Waals surface area (Å²) in [5, 5.41) is 30.5. The molecule has 2 aliphatic rings. The van der Waals surface area contributed by atoms with Crippen molar-refractivity contribution < 1.29 is 0 Å². The maximum absolute atomic E-state index is 10.1. The molecule has 0 heterocycles. The van der Waals surface area contributed by atoms with E-state index in [0.717, 1.165) is 24.0 Å². The van der Waals surface area contributed by atoms with E-state index in [2.05, 4.69) is 45.1 Å². The lowest BCUT2D eigenvalue weighted by Crippen LogP contribution is -2.44. The number of rotatable bonds is 1.